The maximum Gasteiger partial charge on any atom is 0.410 e. The van der Waals surface area contributed by atoms with Crippen LogP contribution in [0.3, 0.4) is 0 Å². The minimum Gasteiger partial charge on any atom is -0.444 e. The Morgan fingerprint density at radius 3 is 2.41 bits per heavy atom. The van der Waals surface area contributed by atoms with Gasteiger partial charge in [-0.15, -0.1) is 0 Å². The number of hydrogen-bond acceptors (Lipinski definition) is 2. The van der Waals surface area contributed by atoms with Gasteiger partial charge in [0.2, 0.25) is 0 Å². The van der Waals surface area contributed by atoms with Crippen LogP contribution in [0.4, 0.5) is 4.79 Å². The van der Waals surface area contributed by atoms with E-state index in [0.29, 0.717) is 27.8 Å². The highest BCUT2D eigenvalue weighted by Gasteiger charge is 2.50. The van der Waals surface area contributed by atoms with Gasteiger partial charge in [-0.2, -0.15) is 0 Å². The first-order valence-electron chi connectivity index (χ1n) is 10.4. The van der Waals surface area contributed by atoms with Crippen LogP contribution in [0.1, 0.15) is 66.2 Å². The van der Waals surface area contributed by atoms with E-state index in [4.69, 9.17) is 27.9 Å². The van der Waals surface area contributed by atoms with E-state index in [2.05, 4.69) is 19.1 Å². The van der Waals surface area contributed by atoms with Crippen molar-refractivity contribution in [2.24, 2.45) is 23.2 Å². The third kappa shape index (κ3) is 4.50. The highest BCUT2D eigenvalue weighted by atomic mass is 35.5. The van der Waals surface area contributed by atoms with Crippen LogP contribution in [0, 0.1) is 23.2 Å². The summed E-state index contributed by atoms with van der Waals surface area (Å²) in [6.07, 6.45) is 11.4. The van der Waals surface area contributed by atoms with Crippen molar-refractivity contribution in [3.05, 3.63) is 22.2 Å². The quantitative estimate of drug-likeness (QED) is 0.503. The van der Waals surface area contributed by atoms with Crippen LogP contribution in [0.2, 0.25) is 0 Å². The monoisotopic (exact) mass is 413 g/mol. The summed E-state index contributed by atoms with van der Waals surface area (Å²) in [7, 11) is 0. The molecule has 0 aromatic rings. The second-order valence-corrected chi connectivity index (χ2v) is 10.4. The molecule has 152 valence electrons. The standard InChI is InChI=1S/C22H33Cl2NO2/c1-15-12-18(23)19(24)13-17(15)22(9-6-5-7-10-22)16-8-11-25(14-16)20(26)27-21(2,3)4/h12-13,15-17H,5-11,14H2,1-4H3. The molecule has 3 atom stereocenters. The van der Waals surface area contributed by atoms with Crippen LogP contribution in [-0.2, 0) is 4.74 Å². The lowest BCUT2D eigenvalue weighted by Crippen LogP contribution is -2.44. The SMILES string of the molecule is CC1C=C(Cl)C(Cl)=CC1C1(C2CCN(C(=O)OC(C)(C)C)C2)CCCCC1. The summed E-state index contributed by atoms with van der Waals surface area (Å²) in [5.74, 6) is 1.24. The Bertz CT molecular complexity index is 629. The Hall–Kier alpha value is -0.670. The average molecular weight is 414 g/mol. The minimum absolute atomic E-state index is 0.177. The molecular formula is C22H33Cl2NO2. The second-order valence-electron chi connectivity index (χ2n) is 9.62. The predicted molar refractivity (Wildman–Crippen MR) is 112 cm³/mol. The van der Waals surface area contributed by atoms with Crippen LogP contribution in [0.25, 0.3) is 0 Å². The van der Waals surface area contributed by atoms with Gasteiger partial charge in [0.25, 0.3) is 0 Å². The molecule has 2 aliphatic carbocycles. The first-order chi connectivity index (χ1) is 12.6. The molecule has 3 unspecified atom stereocenters. The summed E-state index contributed by atoms with van der Waals surface area (Å²) in [5, 5.41) is 1.36. The molecule has 1 aliphatic heterocycles. The van der Waals surface area contributed by atoms with Crippen LogP contribution >= 0.6 is 23.2 Å². The first kappa shape index (κ1) is 21.0. The zero-order chi connectivity index (χ0) is 19.8. The molecule has 0 N–H and O–H groups in total. The Morgan fingerprint density at radius 1 is 1.15 bits per heavy atom. The summed E-state index contributed by atoms with van der Waals surface area (Å²) in [4.78, 5) is 14.5. The van der Waals surface area contributed by atoms with Gasteiger partial charge in [0.05, 0.1) is 10.1 Å². The molecule has 3 aliphatic rings. The minimum atomic E-state index is -0.451. The number of ether oxygens (including phenoxy) is 1. The van der Waals surface area contributed by atoms with E-state index in [1.807, 2.05) is 25.7 Å². The Balaban J connectivity index is 1.81. The van der Waals surface area contributed by atoms with Crippen LogP contribution in [0.15, 0.2) is 22.2 Å². The van der Waals surface area contributed by atoms with Gasteiger partial charge in [0.15, 0.2) is 0 Å². The highest BCUT2D eigenvalue weighted by Crippen LogP contribution is 2.56. The van der Waals surface area contributed by atoms with Crippen LogP contribution < -0.4 is 0 Å². The van der Waals surface area contributed by atoms with Crippen molar-refractivity contribution in [1.29, 1.82) is 0 Å². The predicted octanol–water partition coefficient (Wildman–Crippen LogP) is 6.71. The van der Waals surface area contributed by atoms with Gasteiger partial charge in [0, 0.05) is 13.1 Å². The first-order valence-corrected chi connectivity index (χ1v) is 11.1. The Morgan fingerprint density at radius 2 is 1.78 bits per heavy atom. The van der Waals surface area contributed by atoms with Crippen molar-refractivity contribution < 1.29 is 9.53 Å². The maximum absolute atomic E-state index is 12.6. The third-order valence-corrected chi connectivity index (χ3v) is 7.39. The fraction of sp³-hybridized carbons (Fsp3) is 0.773. The normalized spacial score (nSPS) is 31.3. The molecule has 1 saturated heterocycles. The molecule has 3 rings (SSSR count). The molecule has 0 spiro atoms. The van der Waals surface area contributed by atoms with E-state index in [1.165, 1.54) is 32.1 Å². The fourth-order valence-corrected chi connectivity index (χ4v) is 5.90. The Labute approximate surface area is 174 Å². The largest absolute Gasteiger partial charge is 0.444 e. The van der Waals surface area contributed by atoms with Gasteiger partial charge in [0.1, 0.15) is 5.60 Å². The van der Waals surface area contributed by atoms with Crippen molar-refractivity contribution in [1.82, 2.24) is 4.90 Å². The molecule has 0 aromatic heterocycles. The number of nitrogens with zero attached hydrogens (tertiary/aromatic N) is 1. The zero-order valence-electron chi connectivity index (χ0n) is 17.1. The summed E-state index contributed by atoms with van der Waals surface area (Å²) in [6.45, 7) is 9.61. The maximum atomic E-state index is 12.6. The van der Waals surface area contributed by atoms with Crippen molar-refractivity contribution in [3.63, 3.8) is 0 Å². The molecule has 1 saturated carbocycles. The average Bonchev–Trinajstić information content (AvgIpc) is 3.08. The van der Waals surface area contributed by atoms with E-state index < -0.39 is 5.60 Å². The summed E-state index contributed by atoms with van der Waals surface area (Å²) in [6, 6.07) is 0. The van der Waals surface area contributed by atoms with E-state index in [1.54, 1.807) is 0 Å². The molecular weight excluding hydrogens is 381 g/mol. The molecule has 1 amide bonds. The van der Waals surface area contributed by atoms with Crippen molar-refractivity contribution >= 4 is 29.3 Å². The lowest BCUT2D eigenvalue weighted by molar-refractivity contribution is 0.0158. The zero-order valence-corrected chi connectivity index (χ0v) is 18.6. The number of amides is 1. The van der Waals surface area contributed by atoms with Crippen molar-refractivity contribution in [3.8, 4) is 0 Å². The molecule has 2 fully saturated rings. The summed E-state index contributed by atoms with van der Waals surface area (Å²) < 4.78 is 5.61. The Kier molecular flexibility index (Phi) is 6.23. The van der Waals surface area contributed by atoms with Gasteiger partial charge in [-0.3, -0.25) is 0 Å². The van der Waals surface area contributed by atoms with Gasteiger partial charge in [-0.05, 0) is 63.2 Å². The van der Waals surface area contributed by atoms with E-state index >= 15 is 0 Å². The lowest BCUT2D eigenvalue weighted by Gasteiger charge is -2.49. The highest BCUT2D eigenvalue weighted by molar-refractivity contribution is 6.44. The van der Waals surface area contributed by atoms with Crippen molar-refractivity contribution in [2.75, 3.05) is 13.1 Å². The van der Waals surface area contributed by atoms with E-state index in [9.17, 15) is 4.79 Å². The summed E-state index contributed by atoms with van der Waals surface area (Å²) in [5.41, 5.74) is -0.254. The number of carbonyl (C=O) groups excluding carboxylic acids is 1. The fourth-order valence-electron chi connectivity index (χ4n) is 5.44. The second kappa shape index (κ2) is 7.99. The number of allylic oxidation sites excluding steroid dienone is 4. The third-order valence-electron chi connectivity index (χ3n) is 6.63. The smallest absolute Gasteiger partial charge is 0.410 e. The van der Waals surface area contributed by atoms with E-state index in [0.717, 1.165) is 19.5 Å². The topological polar surface area (TPSA) is 29.5 Å². The molecule has 1 heterocycles. The molecule has 3 nitrogen and oxygen atoms in total. The van der Waals surface area contributed by atoms with Crippen LogP contribution in [0.5, 0.6) is 0 Å². The number of likely N-dealkylation sites (tertiary alicyclic amines) is 1. The summed E-state index contributed by atoms with van der Waals surface area (Å²) >= 11 is 12.7. The van der Waals surface area contributed by atoms with E-state index in [-0.39, 0.29) is 11.5 Å². The molecule has 5 heteroatoms. The number of hydrogen-bond donors (Lipinski definition) is 0. The molecule has 0 aromatic carbocycles. The van der Waals surface area contributed by atoms with Crippen molar-refractivity contribution in [2.45, 2.75) is 71.8 Å². The number of carbonyl (C=O) groups is 1. The molecule has 27 heavy (non-hydrogen) atoms. The van der Waals surface area contributed by atoms with Gasteiger partial charge < -0.3 is 9.64 Å². The number of halogens is 2. The van der Waals surface area contributed by atoms with Gasteiger partial charge in [-0.25, -0.2) is 4.79 Å². The number of rotatable bonds is 2. The lowest BCUT2D eigenvalue weighted by atomic mass is 9.55. The molecule has 0 bridgehead atoms. The van der Waals surface area contributed by atoms with Crippen LogP contribution in [-0.4, -0.2) is 29.7 Å². The van der Waals surface area contributed by atoms with Gasteiger partial charge >= 0.3 is 6.09 Å². The molecule has 0 radical (unpaired) electrons. The van der Waals surface area contributed by atoms with Gasteiger partial charge in [-0.1, -0.05) is 61.5 Å².